The minimum absolute atomic E-state index is 0. The number of rotatable bonds is 0. The van der Waals surface area contributed by atoms with Gasteiger partial charge in [0.05, 0.1) is 0 Å². The van der Waals surface area contributed by atoms with Gasteiger partial charge < -0.3 is 5.32 Å². The molecule has 0 bridgehead atoms. The minimum Gasteiger partial charge on any atom is -0.662 e. The number of nitrogens with zero attached hydrogens (tertiary/aromatic N) is 1. The van der Waals surface area contributed by atoms with E-state index in [2.05, 4.69) is 5.32 Å². The summed E-state index contributed by atoms with van der Waals surface area (Å²) in [5.41, 5.74) is 0. The summed E-state index contributed by atoms with van der Waals surface area (Å²) in [6.07, 6.45) is 2.67. The van der Waals surface area contributed by atoms with Gasteiger partial charge in [-0.3, -0.25) is 0 Å². The van der Waals surface area contributed by atoms with Crippen LogP contribution in [0.5, 0.6) is 0 Å². The van der Waals surface area contributed by atoms with E-state index in [0.717, 1.165) is 13.1 Å². The third-order valence-corrected chi connectivity index (χ3v) is 0.882. The van der Waals surface area contributed by atoms with E-state index in [1.165, 1.54) is 12.8 Å². The second-order valence-corrected chi connectivity index (χ2v) is 1.38. The fraction of sp³-hybridized carbons (Fsp3) is 1.00. The molecule has 0 aliphatic carbocycles. The van der Waals surface area contributed by atoms with Crippen LogP contribution in [0.2, 0.25) is 0 Å². The average Bonchev–Trinajstić information content (AvgIpc) is 1.76. The smallest absolute Gasteiger partial charge is 0 e. The van der Waals surface area contributed by atoms with E-state index in [1.54, 1.807) is 0 Å². The molecule has 0 spiro atoms. The van der Waals surface area contributed by atoms with Crippen LogP contribution in [0.1, 0.15) is 12.8 Å². The van der Waals surface area contributed by atoms with Crippen LogP contribution in [0.3, 0.4) is 0 Å². The van der Waals surface area contributed by atoms with Gasteiger partial charge in [0.15, 0.2) is 0 Å². The van der Waals surface area contributed by atoms with E-state index >= 15 is 0 Å². The van der Waals surface area contributed by atoms with Gasteiger partial charge in [-0.15, -0.1) is 13.1 Å². The van der Waals surface area contributed by atoms with Crippen LogP contribution < -0.4 is 0 Å². The van der Waals surface area contributed by atoms with E-state index in [9.17, 15) is 0 Å². The van der Waals surface area contributed by atoms with Gasteiger partial charge in [0, 0.05) is 32.7 Å². The molecule has 0 saturated carbocycles. The predicted octanol–water partition coefficient (Wildman–Crippen LogP) is 1.15. The summed E-state index contributed by atoms with van der Waals surface area (Å²) < 4.78 is 0. The summed E-state index contributed by atoms with van der Waals surface area (Å²) in [6, 6.07) is 0. The molecule has 1 rings (SSSR count). The van der Waals surface area contributed by atoms with Gasteiger partial charge in [-0.2, -0.15) is 0 Å². The topological polar surface area (TPSA) is 14.1 Å². The molecule has 0 unspecified atom stereocenters. The van der Waals surface area contributed by atoms with E-state index in [-0.39, 0.29) is 32.7 Å². The van der Waals surface area contributed by atoms with Crippen molar-refractivity contribution in [3.63, 3.8) is 0 Å². The first kappa shape index (κ1) is 7.06. The average molecular weight is 159 g/mol. The quantitative estimate of drug-likeness (QED) is 0.503. The van der Waals surface area contributed by atoms with Crippen molar-refractivity contribution in [1.29, 1.82) is 0 Å². The third kappa shape index (κ3) is 2.27. The van der Waals surface area contributed by atoms with Crippen LogP contribution in [0.25, 0.3) is 5.32 Å². The standard InChI is InChI=1S/C4H8N.Y/c1-2-4-5-3-1;/h1-4H2;/q-1;. The largest absolute Gasteiger partial charge is 0.662 e. The monoisotopic (exact) mass is 159 g/mol. The van der Waals surface area contributed by atoms with E-state index in [0.29, 0.717) is 0 Å². The van der Waals surface area contributed by atoms with Crippen LogP contribution in [-0.2, 0) is 32.7 Å². The molecule has 1 aliphatic heterocycles. The Morgan fingerprint density at radius 1 is 1.00 bits per heavy atom. The van der Waals surface area contributed by atoms with Crippen LogP contribution in [0.15, 0.2) is 0 Å². The van der Waals surface area contributed by atoms with Crippen molar-refractivity contribution in [1.82, 2.24) is 0 Å². The van der Waals surface area contributed by atoms with Crippen molar-refractivity contribution >= 4 is 0 Å². The van der Waals surface area contributed by atoms with Crippen LogP contribution >= 0.6 is 0 Å². The Morgan fingerprint density at radius 3 is 1.67 bits per heavy atom. The van der Waals surface area contributed by atoms with Crippen molar-refractivity contribution in [2.75, 3.05) is 13.1 Å². The fourth-order valence-corrected chi connectivity index (χ4v) is 0.559. The summed E-state index contributed by atoms with van der Waals surface area (Å²) in [5.74, 6) is 0. The van der Waals surface area contributed by atoms with Crippen molar-refractivity contribution < 1.29 is 32.7 Å². The van der Waals surface area contributed by atoms with Gasteiger partial charge in [-0.05, 0) is 0 Å². The summed E-state index contributed by atoms with van der Waals surface area (Å²) in [4.78, 5) is 0. The number of hydrogen-bond acceptors (Lipinski definition) is 0. The molecule has 0 aromatic carbocycles. The molecule has 1 aliphatic rings. The second kappa shape index (κ2) is 4.23. The Bertz CT molecular complexity index is 19.1. The predicted molar refractivity (Wildman–Crippen MR) is 22.3 cm³/mol. The molecule has 33 valence electrons. The van der Waals surface area contributed by atoms with Crippen LogP contribution in [0, 0.1) is 0 Å². The molecule has 2 heteroatoms. The maximum atomic E-state index is 4.08. The van der Waals surface area contributed by atoms with Gasteiger partial charge in [-0.25, -0.2) is 0 Å². The molecule has 0 aromatic heterocycles. The zero-order valence-electron chi connectivity index (χ0n) is 3.85. The summed E-state index contributed by atoms with van der Waals surface area (Å²) in [6.45, 7) is 2.25. The SMILES string of the molecule is C1CC[N-]C1.[Y]. The van der Waals surface area contributed by atoms with Crippen LogP contribution in [-0.4, -0.2) is 13.1 Å². The zero-order chi connectivity index (χ0) is 3.54. The minimum atomic E-state index is 0. The van der Waals surface area contributed by atoms with Crippen molar-refractivity contribution in [3.05, 3.63) is 5.32 Å². The van der Waals surface area contributed by atoms with E-state index < -0.39 is 0 Å². The first-order chi connectivity index (χ1) is 2.50. The molecule has 1 saturated heterocycles. The molecule has 1 radical (unpaired) electrons. The molecule has 1 fully saturated rings. The Hall–Kier alpha value is 1.06. The normalized spacial score (nSPS) is 20.0. The maximum absolute atomic E-state index is 4.08. The molecule has 6 heavy (non-hydrogen) atoms. The van der Waals surface area contributed by atoms with Crippen molar-refractivity contribution in [3.8, 4) is 0 Å². The Balaban J connectivity index is 0.000000250. The third-order valence-electron chi connectivity index (χ3n) is 0.882. The molecular formula is C4H8NY-. The molecule has 0 N–H and O–H groups in total. The van der Waals surface area contributed by atoms with Gasteiger partial charge in [0.25, 0.3) is 0 Å². The van der Waals surface area contributed by atoms with Gasteiger partial charge in [0.1, 0.15) is 0 Å². The molecule has 0 amide bonds. The van der Waals surface area contributed by atoms with Gasteiger partial charge >= 0.3 is 0 Å². The van der Waals surface area contributed by atoms with Gasteiger partial charge in [-0.1, -0.05) is 12.8 Å². The van der Waals surface area contributed by atoms with E-state index in [4.69, 9.17) is 0 Å². The Morgan fingerprint density at radius 2 is 1.50 bits per heavy atom. The summed E-state index contributed by atoms with van der Waals surface area (Å²) in [7, 11) is 0. The molecule has 0 atom stereocenters. The van der Waals surface area contributed by atoms with Crippen molar-refractivity contribution in [2.24, 2.45) is 0 Å². The first-order valence-electron chi connectivity index (χ1n) is 2.13. The Labute approximate surface area is 63.8 Å². The maximum Gasteiger partial charge on any atom is 0 e. The molecular weight excluding hydrogens is 151 g/mol. The van der Waals surface area contributed by atoms with E-state index in [1.807, 2.05) is 0 Å². The summed E-state index contributed by atoms with van der Waals surface area (Å²) in [5, 5.41) is 4.08. The molecule has 1 heterocycles. The fourth-order valence-electron chi connectivity index (χ4n) is 0.559. The van der Waals surface area contributed by atoms with Crippen LogP contribution in [0.4, 0.5) is 0 Å². The molecule has 1 nitrogen and oxygen atoms in total. The Kier molecular flexibility index (Phi) is 4.98. The zero-order valence-corrected chi connectivity index (χ0v) is 6.69. The first-order valence-corrected chi connectivity index (χ1v) is 2.13. The van der Waals surface area contributed by atoms with Crippen molar-refractivity contribution in [2.45, 2.75) is 12.8 Å². The molecule has 0 aromatic rings. The van der Waals surface area contributed by atoms with Gasteiger partial charge in [0.2, 0.25) is 0 Å². The number of hydrogen-bond donors (Lipinski definition) is 0. The summed E-state index contributed by atoms with van der Waals surface area (Å²) >= 11 is 0. The second-order valence-electron chi connectivity index (χ2n) is 1.38.